The Hall–Kier alpha value is -1.14. The van der Waals surface area contributed by atoms with E-state index >= 15 is 0 Å². The van der Waals surface area contributed by atoms with Crippen LogP contribution in [-0.4, -0.2) is 44.1 Å². The van der Waals surface area contributed by atoms with Crippen LogP contribution in [0.15, 0.2) is 0 Å². The Morgan fingerprint density at radius 1 is 1.00 bits per heavy atom. The first kappa shape index (κ1) is 18.9. The highest BCUT2D eigenvalue weighted by molar-refractivity contribution is 5.70. The average Bonchev–Trinajstić information content (AvgIpc) is 2.87. The number of hydrogen-bond donors (Lipinski definition) is 4. The topological polar surface area (TPSA) is 115 Å². The van der Waals surface area contributed by atoms with Crippen molar-refractivity contribution in [3.05, 3.63) is 0 Å². The summed E-state index contributed by atoms with van der Waals surface area (Å²) in [5.74, 6) is -2.47. The van der Waals surface area contributed by atoms with Crippen molar-refractivity contribution in [1.29, 1.82) is 0 Å². The van der Waals surface area contributed by atoms with E-state index in [9.17, 15) is 19.8 Å². The third kappa shape index (κ3) is 7.22. The molecule has 0 aromatic heterocycles. The maximum absolute atomic E-state index is 11.1. The van der Waals surface area contributed by atoms with Gasteiger partial charge in [-0.1, -0.05) is 12.8 Å². The van der Waals surface area contributed by atoms with E-state index in [4.69, 9.17) is 10.2 Å². The fraction of sp³-hybridized carbons (Fsp3) is 0.875. The minimum absolute atomic E-state index is 0.0284. The highest BCUT2D eigenvalue weighted by atomic mass is 16.4. The first-order chi connectivity index (χ1) is 10.3. The highest BCUT2D eigenvalue weighted by Crippen LogP contribution is 2.34. The second-order valence-electron chi connectivity index (χ2n) is 6.52. The van der Waals surface area contributed by atoms with Gasteiger partial charge in [0.2, 0.25) is 0 Å². The zero-order chi connectivity index (χ0) is 16.6. The number of carbonyl (C=O) groups is 2. The molecule has 0 spiro atoms. The van der Waals surface area contributed by atoms with E-state index in [2.05, 4.69) is 0 Å². The van der Waals surface area contributed by atoms with Crippen LogP contribution in [0.25, 0.3) is 0 Å². The van der Waals surface area contributed by atoms with E-state index in [0.29, 0.717) is 38.5 Å². The van der Waals surface area contributed by atoms with Crippen molar-refractivity contribution in [2.45, 2.75) is 82.3 Å². The third-order valence-electron chi connectivity index (χ3n) is 4.62. The maximum atomic E-state index is 11.1. The molecule has 4 N–H and O–H groups in total. The quantitative estimate of drug-likeness (QED) is 0.464. The zero-order valence-corrected chi connectivity index (χ0v) is 13.0. The Kier molecular flexibility index (Phi) is 7.82. The first-order valence-electron chi connectivity index (χ1n) is 8.17. The largest absolute Gasteiger partial charge is 0.481 e. The van der Waals surface area contributed by atoms with Crippen LogP contribution in [0, 0.1) is 5.92 Å². The van der Waals surface area contributed by atoms with Crippen molar-refractivity contribution in [3.8, 4) is 0 Å². The van der Waals surface area contributed by atoms with Gasteiger partial charge < -0.3 is 20.4 Å². The van der Waals surface area contributed by atoms with Gasteiger partial charge in [0, 0.05) is 6.42 Å². The number of carboxylic acid groups (broad SMARTS) is 2. The number of hydrogen-bond acceptors (Lipinski definition) is 4. The molecule has 6 nitrogen and oxygen atoms in total. The molecule has 0 amide bonds. The molecule has 6 heteroatoms. The predicted octanol–water partition coefficient (Wildman–Crippen LogP) is 2.17. The summed E-state index contributed by atoms with van der Waals surface area (Å²) in [7, 11) is 0. The summed E-state index contributed by atoms with van der Waals surface area (Å²) in [6.07, 6.45) is 5.40. The van der Waals surface area contributed by atoms with Gasteiger partial charge in [-0.15, -0.1) is 0 Å². The lowest BCUT2D eigenvalue weighted by molar-refractivity contribution is -0.143. The maximum Gasteiger partial charge on any atom is 0.306 e. The summed E-state index contributed by atoms with van der Waals surface area (Å²) in [6, 6.07) is 0. The molecule has 2 unspecified atom stereocenters. The Bertz CT molecular complexity index is 362. The van der Waals surface area contributed by atoms with Crippen molar-refractivity contribution < 1.29 is 30.0 Å². The molecule has 0 radical (unpaired) electrons. The van der Waals surface area contributed by atoms with Gasteiger partial charge in [0.15, 0.2) is 0 Å². The monoisotopic (exact) mass is 316 g/mol. The molecule has 0 aliphatic heterocycles. The summed E-state index contributed by atoms with van der Waals surface area (Å²) < 4.78 is 0. The summed E-state index contributed by atoms with van der Waals surface area (Å²) in [5.41, 5.74) is -0.644. The molecular weight excluding hydrogens is 288 g/mol. The van der Waals surface area contributed by atoms with Crippen LogP contribution in [0.4, 0.5) is 0 Å². The van der Waals surface area contributed by atoms with Gasteiger partial charge in [-0.05, 0) is 51.4 Å². The number of aliphatic carboxylic acids is 2. The number of aliphatic hydroxyl groups excluding tert-OH is 1. The van der Waals surface area contributed by atoms with Crippen LogP contribution in [0.5, 0.6) is 0 Å². The Balaban J connectivity index is 2.25. The SMILES string of the molecule is O=C(O)CCCC(CCC(O)CCC1(O)CCCC1)C(=O)O. The smallest absolute Gasteiger partial charge is 0.306 e. The van der Waals surface area contributed by atoms with E-state index in [0.717, 1.165) is 25.7 Å². The molecule has 1 aliphatic rings. The van der Waals surface area contributed by atoms with Crippen molar-refractivity contribution >= 4 is 11.9 Å². The lowest BCUT2D eigenvalue weighted by Crippen LogP contribution is -2.26. The van der Waals surface area contributed by atoms with Crippen molar-refractivity contribution in [2.75, 3.05) is 0 Å². The van der Waals surface area contributed by atoms with Crippen LogP contribution >= 0.6 is 0 Å². The molecule has 0 saturated heterocycles. The fourth-order valence-corrected chi connectivity index (χ4v) is 3.15. The summed E-state index contributed by atoms with van der Waals surface area (Å²) in [4.78, 5) is 21.6. The lowest BCUT2D eigenvalue weighted by Gasteiger charge is -2.23. The summed E-state index contributed by atoms with van der Waals surface area (Å²) in [6.45, 7) is 0. The van der Waals surface area contributed by atoms with E-state index in [1.54, 1.807) is 0 Å². The average molecular weight is 316 g/mol. The van der Waals surface area contributed by atoms with Crippen LogP contribution in [0.1, 0.15) is 70.6 Å². The van der Waals surface area contributed by atoms with Crippen molar-refractivity contribution in [2.24, 2.45) is 5.92 Å². The van der Waals surface area contributed by atoms with E-state index in [1.807, 2.05) is 0 Å². The number of aliphatic hydroxyl groups is 2. The lowest BCUT2D eigenvalue weighted by atomic mass is 9.90. The molecule has 128 valence electrons. The van der Waals surface area contributed by atoms with Crippen molar-refractivity contribution in [1.82, 2.24) is 0 Å². The molecule has 0 heterocycles. The Morgan fingerprint density at radius 2 is 1.64 bits per heavy atom. The standard InChI is InChI=1S/C16H28O6/c17-13(8-11-16(22)9-1-2-10-16)7-6-12(15(20)21)4-3-5-14(18)19/h12-13,17,22H,1-11H2,(H,18,19)(H,20,21). The molecule has 0 aromatic carbocycles. The number of rotatable bonds is 11. The Labute approximate surface area is 131 Å². The van der Waals surface area contributed by atoms with Gasteiger partial charge in [-0.25, -0.2) is 0 Å². The summed E-state index contributed by atoms with van der Waals surface area (Å²) >= 11 is 0. The normalized spacial score (nSPS) is 19.7. The van der Waals surface area contributed by atoms with Gasteiger partial charge in [0.25, 0.3) is 0 Å². The molecule has 1 rings (SSSR count). The molecule has 0 aromatic rings. The van der Waals surface area contributed by atoms with Gasteiger partial charge >= 0.3 is 11.9 Å². The Morgan fingerprint density at radius 3 is 2.18 bits per heavy atom. The van der Waals surface area contributed by atoms with Crippen molar-refractivity contribution in [3.63, 3.8) is 0 Å². The van der Waals surface area contributed by atoms with Gasteiger partial charge in [-0.3, -0.25) is 9.59 Å². The van der Waals surface area contributed by atoms with Crippen LogP contribution in [0.2, 0.25) is 0 Å². The van der Waals surface area contributed by atoms with Crippen LogP contribution < -0.4 is 0 Å². The van der Waals surface area contributed by atoms with E-state index in [1.165, 1.54) is 0 Å². The first-order valence-corrected chi connectivity index (χ1v) is 8.17. The van der Waals surface area contributed by atoms with Gasteiger partial charge in [0.05, 0.1) is 17.6 Å². The minimum atomic E-state index is -0.938. The van der Waals surface area contributed by atoms with Crippen LogP contribution in [-0.2, 0) is 9.59 Å². The zero-order valence-electron chi connectivity index (χ0n) is 13.0. The van der Waals surface area contributed by atoms with Crippen LogP contribution in [0.3, 0.4) is 0 Å². The minimum Gasteiger partial charge on any atom is -0.481 e. The molecule has 22 heavy (non-hydrogen) atoms. The molecule has 1 fully saturated rings. The fourth-order valence-electron chi connectivity index (χ4n) is 3.15. The second kappa shape index (κ2) is 9.10. The molecule has 2 atom stereocenters. The predicted molar refractivity (Wildman–Crippen MR) is 80.5 cm³/mol. The van der Waals surface area contributed by atoms with E-state index in [-0.39, 0.29) is 6.42 Å². The number of carboxylic acids is 2. The molecular formula is C16H28O6. The van der Waals surface area contributed by atoms with Gasteiger partial charge in [0.1, 0.15) is 0 Å². The third-order valence-corrected chi connectivity index (χ3v) is 4.62. The molecule has 1 saturated carbocycles. The summed E-state index contributed by atoms with van der Waals surface area (Å²) in [5, 5.41) is 37.9. The molecule has 0 bridgehead atoms. The molecule has 1 aliphatic carbocycles. The van der Waals surface area contributed by atoms with Gasteiger partial charge in [-0.2, -0.15) is 0 Å². The highest BCUT2D eigenvalue weighted by Gasteiger charge is 2.31. The second-order valence-corrected chi connectivity index (χ2v) is 6.52. The van der Waals surface area contributed by atoms with E-state index < -0.39 is 29.6 Å².